The van der Waals surface area contributed by atoms with Crippen molar-refractivity contribution in [2.24, 2.45) is 9.98 Å². The number of hydrogen-bond acceptors (Lipinski definition) is 10. The van der Waals surface area contributed by atoms with Crippen LogP contribution in [0.15, 0.2) is 143 Å². The first kappa shape index (κ1) is 52.7. The molecule has 6 aromatic carbocycles. The summed E-state index contributed by atoms with van der Waals surface area (Å²) < 4.78 is 0. The van der Waals surface area contributed by atoms with Crippen LogP contribution in [-0.2, 0) is 67.5 Å². The molecule has 2 atom stereocenters. The first-order chi connectivity index (χ1) is 25.3. The molecule has 8 N–H and O–H groups in total. The SMILES string of the molecule is CO.CO.O=C([O-])[C@@H](Cc1ccccc1)N=Cc1c([O-])ccc2ccccc12.O=C([O-])[C@@H](Cc1ccccc1)N=Cc1c([O-])ccc2ccccc12.[Cu+2].[Cu+2].[OH3+].[OH3+]. The number of aliphatic carboxylic acids is 2. The number of carboxylic acids is 2. The van der Waals surface area contributed by atoms with Gasteiger partial charge in [0.15, 0.2) is 0 Å². The Morgan fingerprint density at radius 2 is 0.821 bits per heavy atom. The van der Waals surface area contributed by atoms with Gasteiger partial charge < -0.3 is 51.2 Å². The smallest absolute Gasteiger partial charge is 0.872 e. The Labute approximate surface area is 346 Å². The van der Waals surface area contributed by atoms with Crippen molar-refractivity contribution in [3.8, 4) is 11.5 Å². The minimum Gasteiger partial charge on any atom is -0.872 e. The first-order valence-corrected chi connectivity index (χ1v) is 16.1. The third-order valence-corrected chi connectivity index (χ3v) is 7.72. The molecule has 14 heteroatoms. The molecule has 0 spiro atoms. The second-order valence-electron chi connectivity index (χ2n) is 11.0. The summed E-state index contributed by atoms with van der Waals surface area (Å²) in [5.41, 5.74) is 2.49. The summed E-state index contributed by atoms with van der Waals surface area (Å²) in [5.74, 6) is -2.89. The average molecular weight is 864 g/mol. The van der Waals surface area contributed by atoms with Crippen molar-refractivity contribution in [2.45, 2.75) is 24.9 Å². The normalized spacial score (nSPS) is 10.9. The van der Waals surface area contributed by atoms with Crippen molar-refractivity contribution in [3.63, 3.8) is 0 Å². The zero-order valence-corrected chi connectivity index (χ0v) is 32.3. The first-order valence-electron chi connectivity index (χ1n) is 16.1. The molecule has 0 aromatic heterocycles. The minimum absolute atomic E-state index is 0. The van der Waals surface area contributed by atoms with Crippen LogP contribution in [-0.4, -0.2) is 60.9 Å². The number of hydrogen-bond donors (Lipinski definition) is 2. The Bertz CT molecular complexity index is 1950. The van der Waals surface area contributed by atoms with Crippen molar-refractivity contribution < 1.29 is 85.3 Å². The molecule has 0 saturated heterocycles. The number of carboxylic acid groups (broad SMARTS) is 2. The fraction of sp³-hybridized carbons (Fsp3) is 0.143. The molecule has 6 rings (SSSR count). The summed E-state index contributed by atoms with van der Waals surface area (Å²) in [6.45, 7) is 0. The van der Waals surface area contributed by atoms with Crippen molar-refractivity contribution in [1.82, 2.24) is 0 Å². The van der Waals surface area contributed by atoms with Crippen molar-refractivity contribution in [1.29, 1.82) is 0 Å². The van der Waals surface area contributed by atoms with Gasteiger partial charge in [-0.25, -0.2) is 0 Å². The predicted octanol–water partition coefficient (Wildman–Crippen LogP) is 0.755. The second-order valence-corrected chi connectivity index (χ2v) is 11.0. The molecule has 302 valence electrons. The molecule has 0 aliphatic carbocycles. The number of carbonyl (C=O) groups is 2. The predicted molar refractivity (Wildman–Crippen MR) is 206 cm³/mol. The van der Waals surface area contributed by atoms with E-state index in [2.05, 4.69) is 9.98 Å². The monoisotopic (exact) mass is 862 g/mol. The molecule has 2 radical (unpaired) electrons. The molecule has 12 nitrogen and oxygen atoms in total. The summed E-state index contributed by atoms with van der Waals surface area (Å²) in [7, 11) is 2.00. The number of nitrogens with zero attached hydrogens (tertiary/aromatic N) is 2. The fourth-order valence-corrected chi connectivity index (χ4v) is 5.22. The van der Waals surface area contributed by atoms with Gasteiger partial charge in [-0.05, 0) is 43.8 Å². The number of aliphatic hydroxyl groups is 2. The van der Waals surface area contributed by atoms with E-state index in [9.17, 15) is 30.0 Å². The van der Waals surface area contributed by atoms with Gasteiger partial charge in [0.05, 0.1) is 24.0 Å². The summed E-state index contributed by atoms with van der Waals surface area (Å²) in [5, 5.41) is 64.3. The Hall–Kier alpha value is -5.40. The largest absolute Gasteiger partial charge is 2.00 e. The molecule has 0 fully saturated rings. The zero-order valence-electron chi connectivity index (χ0n) is 30.4. The van der Waals surface area contributed by atoms with Crippen molar-refractivity contribution in [3.05, 3.63) is 156 Å². The number of carbonyl (C=O) groups excluding carboxylic acids is 2. The fourth-order valence-electron chi connectivity index (χ4n) is 5.22. The van der Waals surface area contributed by atoms with Crippen LogP contribution in [0.25, 0.3) is 21.5 Å². The maximum Gasteiger partial charge on any atom is 2.00 e. The van der Waals surface area contributed by atoms with E-state index in [1.54, 1.807) is 12.1 Å². The topological polar surface area (TPSA) is 258 Å². The summed E-state index contributed by atoms with van der Waals surface area (Å²) in [4.78, 5) is 31.0. The molecule has 56 heavy (non-hydrogen) atoms. The second kappa shape index (κ2) is 28.1. The van der Waals surface area contributed by atoms with Crippen molar-refractivity contribution in [2.75, 3.05) is 14.2 Å². The Morgan fingerprint density at radius 3 is 1.14 bits per heavy atom. The number of aliphatic imine (C=N–C) groups is 2. The molecular weight excluding hydrogens is 820 g/mol. The van der Waals surface area contributed by atoms with Gasteiger partial charge in [0.25, 0.3) is 0 Å². The van der Waals surface area contributed by atoms with Gasteiger partial charge in [0.2, 0.25) is 0 Å². The van der Waals surface area contributed by atoms with Crippen LogP contribution in [0.4, 0.5) is 0 Å². The molecule has 0 saturated carbocycles. The van der Waals surface area contributed by atoms with E-state index < -0.39 is 24.0 Å². The van der Waals surface area contributed by atoms with E-state index in [0.29, 0.717) is 11.1 Å². The van der Waals surface area contributed by atoms with Crippen LogP contribution >= 0.6 is 0 Å². The average Bonchev–Trinajstić information content (AvgIpc) is 3.18. The van der Waals surface area contributed by atoms with E-state index in [1.807, 2.05) is 109 Å². The summed E-state index contributed by atoms with van der Waals surface area (Å²) in [6.07, 6.45) is 3.15. The van der Waals surface area contributed by atoms with Gasteiger partial charge >= 0.3 is 34.1 Å². The van der Waals surface area contributed by atoms with Crippen LogP contribution in [0, 0.1) is 0 Å². The van der Waals surface area contributed by atoms with Gasteiger partial charge in [0, 0.05) is 39.5 Å². The standard InChI is InChI=1S/2C20H17NO3.2CH4O.2Cu.2H2O/c2*22-19-11-10-15-8-4-5-9-16(15)17(19)13-21-18(20(23)24)12-14-6-2-1-3-7-14;2*1-2;;;;/h2*1-11,13,18,22H,12H2,(H,23,24);2*2H,1H3;;;2*1H2/q;;;;2*+2;;/p-2/t2*18-;;;;;;/m11....../s1. The van der Waals surface area contributed by atoms with E-state index in [1.165, 1.54) is 24.6 Å². The van der Waals surface area contributed by atoms with E-state index in [-0.39, 0.29) is 69.4 Å². The summed E-state index contributed by atoms with van der Waals surface area (Å²) in [6, 6.07) is 37.6. The van der Waals surface area contributed by atoms with Crippen LogP contribution in [0.5, 0.6) is 11.5 Å². The van der Waals surface area contributed by atoms with Crippen LogP contribution in [0.3, 0.4) is 0 Å². The minimum atomic E-state index is -1.26. The maximum atomic E-state index is 12.1. The maximum absolute atomic E-state index is 12.1. The Balaban J connectivity index is 0. The van der Waals surface area contributed by atoms with E-state index in [4.69, 9.17) is 10.2 Å². The number of fused-ring (bicyclic) bond motifs is 2. The van der Waals surface area contributed by atoms with Crippen LogP contribution < -0.4 is 20.4 Å². The van der Waals surface area contributed by atoms with Crippen LogP contribution in [0.2, 0.25) is 0 Å². The molecule has 0 aliphatic rings. The zero-order chi connectivity index (χ0) is 37.9. The molecular formula is C42H44Cu2N2O10+2. The molecule has 0 unspecified atom stereocenters. The van der Waals surface area contributed by atoms with E-state index >= 15 is 0 Å². The molecule has 0 bridgehead atoms. The molecule has 0 heterocycles. The Morgan fingerprint density at radius 1 is 0.518 bits per heavy atom. The molecule has 0 aliphatic heterocycles. The van der Waals surface area contributed by atoms with E-state index in [0.717, 1.165) is 46.9 Å². The number of rotatable bonds is 10. The third kappa shape index (κ3) is 15.4. The number of aliphatic hydroxyl groups excluding tert-OH is 2. The van der Waals surface area contributed by atoms with Crippen LogP contribution in [0.1, 0.15) is 22.3 Å². The Kier molecular flexibility index (Phi) is 26.4. The van der Waals surface area contributed by atoms with Gasteiger partial charge in [-0.2, -0.15) is 0 Å². The number of benzene rings is 6. The summed E-state index contributed by atoms with van der Waals surface area (Å²) >= 11 is 0. The van der Waals surface area contributed by atoms with Gasteiger partial charge in [-0.1, -0.05) is 145 Å². The van der Waals surface area contributed by atoms with Crippen molar-refractivity contribution >= 4 is 45.9 Å². The van der Waals surface area contributed by atoms with Gasteiger partial charge in [-0.15, -0.1) is 0 Å². The quantitative estimate of drug-likeness (QED) is 0.113. The van der Waals surface area contributed by atoms with Gasteiger partial charge in [0.1, 0.15) is 0 Å². The molecule has 6 aromatic rings. The third-order valence-electron chi connectivity index (χ3n) is 7.72. The molecule has 0 amide bonds. The van der Waals surface area contributed by atoms with Gasteiger partial charge in [-0.3, -0.25) is 9.98 Å².